The van der Waals surface area contributed by atoms with Crippen molar-refractivity contribution in [1.82, 2.24) is 0 Å². The Labute approximate surface area is 173 Å². The van der Waals surface area contributed by atoms with Crippen molar-refractivity contribution in [2.45, 2.75) is 66.1 Å². The largest absolute Gasteiger partial charge is 0.379 e. The number of ether oxygens (including phenoxy) is 6. The third-order valence-electron chi connectivity index (χ3n) is 4.26. The van der Waals surface area contributed by atoms with Crippen molar-refractivity contribution < 1.29 is 28.4 Å². The average Bonchev–Trinajstić information content (AvgIpc) is 2.67. The molecule has 6 nitrogen and oxygen atoms in total. The summed E-state index contributed by atoms with van der Waals surface area (Å²) < 4.78 is 33.9. The topological polar surface area (TPSA) is 55.4 Å². The summed E-state index contributed by atoms with van der Waals surface area (Å²) in [6, 6.07) is 0. The van der Waals surface area contributed by atoms with Gasteiger partial charge in [-0.25, -0.2) is 0 Å². The zero-order valence-corrected chi connectivity index (χ0v) is 19.2. The summed E-state index contributed by atoms with van der Waals surface area (Å²) in [5.74, 6) is 0.951. The van der Waals surface area contributed by atoms with Crippen molar-refractivity contribution in [2.75, 3.05) is 66.6 Å². The van der Waals surface area contributed by atoms with Gasteiger partial charge in [0.1, 0.15) is 12.2 Å². The van der Waals surface area contributed by atoms with E-state index < -0.39 is 0 Å². The molecule has 0 bridgehead atoms. The van der Waals surface area contributed by atoms with Crippen molar-refractivity contribution in [2.24, 2.45) is 11.8 Å². The fraction of sp³-hybridized carbons (Fsp3) is 1.00. The van der Waals surface area contributed by atoms with Gasteiger partial charge in [0.25, 0.3) is 0 Å². The van der Waals surface area contributed by atoms with Crippen LogP contribution in [0.5, 0.6) is 0 Å². The number of hydrogen-bond donors (Lipinski definition) is 0. The van der Waals surface area contributed by atoms with Gasteiger partial charge in [0.15, 0.2) is 0 Å². The standard InChI is InChI=1S/C22H46O6/c1-7-10-24-15-21(23-6)16-26-13-19(4)12-20(5)14-27-18-22(28-9-3)17-25-11-8-2/h19-22H,7-18H2,1-6H3. The predicted molar refractivity (Wildman–Crippen MR) is 113 cm³/mol. The van der Waals surface area contributed by atoms with E-state index in [-0.39, 0.29) is 12.2 Å². The highest BCUT2D eigenvalue weighted by molar-refractivity contribution is 4.62. The minimum Gasteiger partial charge on any atom is -0.379 e. The predicted octanol–water partition coefficient (Wildman–Crippen LogP) is 3.96. The monoisotopic (exact) mass is 406 g/mol. The fourth-order valence-electron chi connectivity index (χ4n) is 2.91. The van der Waals surface area contributed by atoms with Gasteiger partial charge in [-0.2, -0.15) is 0 Å². The molecule has 0 N–H and O–H groups in total. The van der Waals surface area contributed by atoms with Gasteiger partial charge in [-0.1, -0.05) is 27.7 Å². The molecule has 0 amide bonds. The fourth-order valence-corrected chi connectivity index (χ4v) is 2.91. The maximum atomic E-state index is 5.87. The summed E-state index contributed by atoms with van der Waals surface area (Å²) in [5.41, 5.74) is 0. The Morgan fingerprint density at radius 3 is 1.54 bits per heavy atom. The summed E-state index contributed by atoms with van der Waals surface area (Å²) >= 11 is 0. The van der Waals surface area contributed by atoms with Crippen LogP contribution in [0.2, 0.25) is 0 Å². The van der Waals surface area contributed by atoms with Gasteiger partial charge < -0.3 is 28.4 Å². The first-order valence-corrected chi connectivity index (χ1v) is 11.0. The molecule has 4 unspecified atom stereocenters. The Kier molecular flexibility index (Phi) is 19.9. The molecule has 4 atom stereocenters. The van der Waals surface area contributed by atoms with E-state index in [4.69, 9.17) is 28.4 Å². The van der Waals surface area contributed by atoms with Crippen molar-refractivity contribution in [3.63, 3.8) is 0 Å². The van der Waals surface area contributed by atoms with E-state index >= 15 is 0 Å². The minimum absolute atomic E-state index is 0.00457. The van der Waals surface area contributed by atoms with Crippen molar-refractivity contribution in [3.05, 3.63) is 0 Å². The first kappa shape index (κ1) is 27.8. The van der Waals surface area contributed by atoms with E-state index in [1.807, 2.05) is 6.92 Å². The lowest BCUT2D eigenvalue weighted by atomic mass is 9.99. The summed E-state index contributed by atoms with van der Waals surface area (Å²) in [6.07, 6.45) is 3.13. The van der Waals surface area contributed by atoms with E-state index in [2.05, 4.69) is 27.7 Å². The highest BCUT2D eigenvalue weighted by atomic mass is 16.6. The maximum absolute atomic E-state index is 5.87. The van der Waals surface area contributed by atoms with Crippen LogP contribution < -0.4 is 0 Å². The zero-order valence-electron chi connectivity index (χ0n) is 19.2. The molecule has 0 aliphatic heterocycles. The van der Waals surface area contributed by atoms with Gasteiger partial charge in [0.05, 0.1) is 26.4 Å². The van der Waals surface area contributed by atoms with Crippen molar-refractivity contribution in [3.8, 4) is 0 Å². The summed E-state index contributed by atoms with van der Waals surface area (Å²) in [5, 5.41) is 0. The molecule has 0 heterocycles. The van der Waals surface area contributed by atoms with E-state index in [9.17, 15) is 0 Å². The second-order valence-corrected chi connectivity index (χ2v) is 7.61. The lowest BCUT2D eigenvalue weighted by Gasteiger charge is -2.21. The third kappa shape index (κ3) is 16.7. The Morgan fingerprint density at radius 1 is 0.607 bits per heavy atom. The Morgan fingerprint density at radius 2 is 1.07 bits per heavy atom. The molecule has 0 aliphatic carbocycles. The van der Waals surface area contributed by atoms with Gasteiger partial charge in [0, 0.05) is 40.1 Å². The van der Waals surface area contributed by atoms with Gasteiger partial charge in [-0.15, -0.1) is 0 Å². The smallest absolute Gasteiger partial charge is 0.104 e. The molecule has 0 spiro atoms. The molecule has 6 heteroatoms. The minimum atomic E-state index is 0.00457. The molecule has 0 aromatic carbocycles. The molecular weight excluding hydrogens is 360 g/mol. The first-order valence-electron chi connectivity index (χ1n) is 11.0. The second kappa shape index (κ2) is 20.0. The Bertz CT molecular complexity index is 315. The maximum Gasteiger partial charge on any atom is 0.104 e. The lowest BCUT2D eigenvalue weighted by molar-refractivity contribution is -0.0627. The molecule has 0 aliphatic rings. The Hall–Kier alpha value is -0.240. The van der Waals surface area contributed by atoms with E-state index in [0.717, 1.165) is 45.7 Å². The third-order valence-corrected chi connectivity index (χ3v) is 4.26. The molecule has 28 heavy (non-hydrogen) atoms. The normalized spacial score (nSPS) is 16.1. The van der Waals surface area contributed by atoms with Crippen LogP contribution in [0.4, 0.5) is 0 Å². The van der Waals surface area contributed by atoms with Crippen LogP contribution in [0.25, 0.3) is 0 Å². The second-order valence-electron chi connectivity index (χ2n) is 7.61. The van der Waals surface area contributed by atoms with Gasteiger partial charge in [0.2, 0.25) is 0 Å². The van der Waals surface area contributed by atoms with E-state index in [0.29, 0.717) is 44.9 Å². The zero-order chi connectivity index (χ0) is 21.0. The molecule has 0 aromatic heterocycles. The van der Waals surface area contributed by atoms with Crippen molar-refractivity contribution >= 4 is 0 Å². The van der Waals surface area contributed by atoms with Crippen LogP contribution >= 0.6 is 0 Å². The average molecular weight is 407 g/mol. The molecule has 0 saturated heterocycles. The quantitative estimate of drug-likeness (QED) is 0.269. The van der Waals surface area contributed by atoms with Gasteiger partial charge in [-0.3, -0.25) is 0 Å². The molecular formula is C22H46O6. The van der Waals surface area contributed by atoms with Crippen molar-refractivity contribution in [1.29, 1.82) is 0 Å². The molecule has 0 aromatic rings. The van der Waals surface area contributed by atoms with Crippen LogP contribution in [0, 0.1) is 11.8 Å². The SMILES string of the molecule is CCCOCC(COCC(C)CC(C)COCC(COCCC)OCC)OC. The molecule has 170 valence electrons. The van der Waals surface area contributed by atoms with Crippen LogP contribution in [0.1, 0.15) is 53.9 Å². The number of methoxy groups -OCH3 is 1. The Balaban J connectivity index is 3.87. The van der Waals surface area contributed by atoms with Crippen LogP contribution in [0.15, 0.2) is 0 Å². The van der Waals surface area contributed by atoms with Crippen LogP contribution in [-0.4, -0.2) is 78.8 Å². The molecule has 0 radical (unpaired) electrons. The number of hydrogen-bond acceptors (Lipinski definition) is 6. The molecule has 0 rings (SSSR count). The van der Waals surface area contributed by atoms with Crippen LogP contribution in [-0.2, 0) is 28.4 Å². The first-order chi connectivity index (χ1) is 13.6. The summed E-state index contributed by atoms with van der Waals surface area (Å²) in [6.45, 7) is 16.7. The van der Waals surface area contributed by atoms with E-state index in [1.165, 1.54) is 0 Å². The van der Waals surface area contributed by atoms with Gasteiger partial charge >= 0.3 is 0 Å². The summed E-state index contributed by atoms with van der Waals surface area (Å²) in [4.78, 5) is 0. The molecule has 0 saturated carbocycles. The van der Waals surface area contributed by atoms with Crippen LogP contribution in [0.3, 0.4) is 0 Å². The number of rotatable bonds is 21. The lowest BCUT2D eigenvalue weighted by Crippen LogP contribution is -2.27. The van der Waals surface area contributed by atoms with Gasteiger partial charge in [-0.05, 0) is 38.0 Å². The summed E-state index contributed by atoms with van der Waals surface area (Å²) in [7, 11) is 1.70. The van der Waals surface area contributed by atoms with E-state index in [1.54, 1.807) is 7.11 Å². The molecule has 0 fully saturated rings. The highest BCUT2D eigenvalue weighted by Gasteiger charge is 2.14. The highest BCUT2D eigenvalue weighted by Crippen LogP contribution is 2.13.